The molecule has 1 aliphatic carbocycles. The fourth-order valence-corrected chi connectivity index (χ4v) is 2.70. The van der Waals surface area contributed by atoms with Crippen LogP contribution >= 0.6 is 0 Å². The largest absolute Gasteiger partial charge is 0.480 e. The van der Waals surface area contributed by atoms with Crippen molar-refractivity contribution in [2.24, 2.45) is 0 Å². The molecule has 1 aromatic heterocycles. The Morgan fingerprint density at radius 3 is 2.57 bits per heavy atom. The van der Waals surface area contributed by atoms with E-state index in [9.17, 15) is 24.8 Å². The van der Waals surface area contributed by atoms with Gasteiger partial charge in [0.15, 0.2) is 0 Å². The number of nitrogens with zero attached hydrogens (tertiary/aromatic N) is 2. The summed E-state index contributed by atoms with van der Waals surface area (Å²) in [6.45, 7) is 2.14. The monoisotopic (exact) mass is 295 g/mol. The molecule has 1 heterocycles. The average molecular weight is 295 g/mol. The fourth-order valence-electron chi connectivity index (χ4n) is 2.70. The molecule has 114 valence electrons. The summed E-state index contributed by atoms with van der Waals surface area (Å²) in [6, 6.07) is 1.17. The number of nitrogens with one attached hydrogen (secondary N) is 1. The highest BCUT2D eigenvalue weighted by molar-refractivity contribution is 5.97. The highest BCUT2D eigenvalue weighted by Crippen LogP contribution is 2.30. The third-order valence-corrected chi connectivity index (χ3v) is 3.89. The zero-order valence-electron chi connectivity index (χ0n) is 11.7. The van der Waals surface area contributed by atoms with Gasteiger partial charge in [-0.3, -0.25) is 14.9 Å². The molecule has 0 aromatic carbocycles. The first kappa shape index (κ1) is 15.0. The fraction of sp³-hybridized carbons (Fsp3) is 0.538. The van der Waals surface area contributed by atoms with Crippen molar-refractivity contribution in [1.82, 2.24) is 9.88 Å². The number of rotatable bonds is 5. The molecule has 0 aliphatic heterocycles. The van der Waals surface area contributed by atoms with Gasteiger partial charge < -0.3 is 15.0 Å². The van der Waals surface area contributed by atoms with Gasteiger partial charge in [0.1, 0.15) is 11.2 Å². The van der Waals surface area contributed by atoms with E-state index in [2.05, 4.69) is 5.32 Å². The maximum atomic E-state index is 12.3. The number of carbonyl (C=O) groups excluding carboxylic acids is 1. The van der Waals surface area contributed by atoms with Crippen molar-refractivity contribution in [2.45, 2.75) is 44.7 Å². The van der Waals surface area contributed by atoms with Gasteiger partial charge >= 0.3 is 5.97 Å². The molecular formula is C13H17N3O5. The van der Waals surface area contributed by atoms with Crippen molar-refractivity contribution in [1.29, 1.82) is 0 Å². The van der Waals surface area contributed by atoms with E-state index in [0.29, 0.717) is 19.4 Å². The van der Waals surface area contributed by atoms with Gasteiger partial charge in [-0.25, -0.2) is 4.79 Å². The number of carbonyl (C=O) groups is 2. The van der Waals surface area contributed by atoms with Crippen molar-refractivity contribution in [2.75, 3.05) is 0 Å². The first-order valence-corrected chi connectivity index (χ1v) is 6.80. The number of aryl methyl sites for hydroxylation is 1. The summed E-state index contributed by atoms with van der Waals surface area (Å²) < 4.78 is 1.44. The third kappa shape index (κ3) is 2.74. The highest BCUT2D eigenvalue weighted by Gasteiger charge is 2.43. The first-order valence-electron chi connectivity index (χ1n) is 6.80. The summed E-state index contributed by atoms with van der Waals surface area (Å²) in [5.41, 5.74) is -1.33. The van der Waals surface area contributed by atoms with E-state index >= 15 is 0 Å². The quantitative estimate of drug-likeness (QED) is 0.631. The van der Waals surface area contributed by atoms with Crippen LogP contribution in [0.15, 0.2) is 12.3 Å². The summed E-state index contributed by atoms with van der Waals surface area (Å²) in [5.74, 6) is -1.65. The van der Waals surface area contributed by atoms with Crippen molar-refractivity contribution >= 4 is 17.6 Å². The number of hydrogen-bond donors (Lipinski definition) is 2. The normalized spacial score (nSPS) is 16.6. The van der Waals surface area contributed by atoms with E-state index in [0.717, 1.165) is 12.8 Å². The minimum absolute atomic E-state index is 0.108. The lowest BCUT2D eigenvalue weighted by Crippen LogP contribution is -2.52. The number of carboxylic acid groups (broad SMARTS) is 1. The highest BCUT2D eigenvalue weighted by atomic mass is 16.6. The standard InChI is InChI=1S/C13H17N3O5/c1-2-15-8-9(16(20)21)7-10(15)11(17)14-13(12(18)19)5-3-4-6-13/h7-8H,2-6H2,1H3,(H,14,17)(H,18,19). The van der Waals surface area contributed by atoms with Crippen LogP contribution in [0, 0.1) is 10.1 Å². The number of nitro groups is 1. The molecule has 1 fully saturated rings. The molecule has 8 nitrogen and oxygen atoms in total. The molecule has 2 rings (SSSR count). The Morgan fingerprint density at radius 1 is 1.48 bits per heavy atom. The van der Waals surface area contributed by atoms with Crippen LogP contribution in [0.5, 0.6) is 0 Å². The van der Waals surface area contributed by atoms with Gasteiger partial charge in [-0.2, -0.15) is 0 Å². The predicted molar refractivity (Wildman–Crippen MR) is 73.1 cm³/mol. The van der Waals surface area contributed by atoms with Crippen LogP contribution in [0.4, 0.5) is 5.69 Å². The summed E-state index contributed by atoms with van der Waals surface area (Å²) in [5, 5.41) is 22.7. The van der Waals surface area contributed by atoms with Gasteiger partial charge in [0.2, 0.25) is 0 Å². The lowest BCUT2D eigenvalue weighted by atomic mass is 9.97. The topological polar surface area (TPSA) is 114 Å². The number of hydrogen-bond acceptors (Lipinski definition) is 4. The minimum atomic E-state index is -1.26. The van der Waals surface area contributed by atoms with Crippen LogP contribution in [-0.4, -0.2) is 32.0 Å². The van der Waals surface area contributed by atoms with Crippen LogP contribution in [0.2, 0.25) is 0 Å². The van der Waals surface area contributed by atoms with Crippen LogP contribution in [0.25, 0.3) is 0 Å². The average Bonchev–Trinajstić information content (AvgIpc) is 3.05. The lowest BCUT2D eigenvalue weighted by Gasteiger charge is -2.25. The number of amides is 1. The Balaban J connectivity index is 2.27. The molecule has 0 unspecified atom stereocenters. The molecular weight excluding hydrogens is 278 g/mol. The summed E-state index contributed by atoms with van der Waals surface area (Å²) >= 11 is 0. The molecule has 0 atom stereocenters. The van der Waals surface area contributed by atoms with Gasteiger partial charge in [0.25, 0.3) is 11.6 Å². The third-order valence-electron chi connectivity index (χ3n) is 3.89. The summed E-state index contributed by atoms with van der Waals surface area (Å²) in [6.07, 6.45) is 3.51. The zero-order valence-corrected chi connectivity index (χ0v) is 11.7. The smallest absolute Gasteiger partial charge is 0.329 e. The second kappa shape index (κ2) is 5.55. The molecule has 1 aromatic rings. The van der Waals surface area contributed by atoms with E-state index in [1.54, 1.807) is 6.92 Å². The van der Waals surface area contributed by atoms with E-state index in [1.807, 2.05) is 0 Å². The van der Waals surface area contributed by atoms with E-state index in [4.69, 9.17) is 0 Å². The molecule has 1 saturated carbocycles. The molecule has 0 radical (unpaired) electrons. The van der Waals surface area contributed by atoms with Crippen molar-refractivity contribution in [3.05, 3.63) is 28.1 Å². The van der Waals surface area contributed by atoms with Crippen LogP contribution < -0.4 is 5.32 Å². The Hall–Kier alpha value is -2.38. The molecule has 2 N–H and O–H groups in total. The van der Waals surface area contributed by atoms with Crippen molar-refractivity contribution in [3.8, 4) is 0 Å². The minimum Gasteiger partial charge on any atom is -0.480 e. The molecule has 21 heavy (non-hydrogen) atoms. The number of aromatic nitrogens is 1. The summed E-state index contributed by atoms with van der Waals surface area (Å²) in [4.78, 5) is 33.9. The maximum Gasteiger partial charge on any atom is 0.329 e. The van der Waals surface area contributed by atoms with Crippen LogP contribution in [0.3, 0.4) is 0 Å². The van der Waals surface area contributed by atoms with Gasteiger partial charge in [-0.1, -0.05) is 12.8 Å². The van der Waals surface area contributed by atoms with Crippen LogP contribution in [0.1, 0.15) is 43.1 Å². The Morgan fingerprint density at radius 2 is 2.10 bits per heavy atom. The van der Waals surface area contributed by atoms with Gasteiger partial charge in [-0.05, 0) is 19.8 Å². The maximum absolute atomic E-state index is 12.3. The second-order valence-corrected chi connectivity index (χ2v) is 5.18. The van der Waals surface area contributed by atoms with Crippen molar-refractivity contribution in [3.63, 3.8) is 0 Å². The van der Waals surface area contributed by atoms with E-state index < -0.39 is 22.3 Å². The zero-order chi connectivity index (χ0) is 15.6. The first-order chi connectivity index (χ1) is 9.89. The molecule has 0 spiro atoms. The number of aliphatic carboxylic acids is 1. The molecule has 1 aliphatic rings. The molecule has 8 heteroatoms. The number of carboxylic acids is 1. The second-order valence-electron chi connectivity index (χ2n) is 5.18. The molecule has 1 amide bonds. The van der Waals surface area contributed by atoms with Crippen molar-refractivity contribution < 1.29 is 19.6 Å². The van der Waals surface area contributed by atoms with E-state index in [-0.39, 0.29) is 11.4 Å². The molecule has 0 saturated heterocycles. The Bertz CT molecular complexity index is 587. The Kier molecular flexibility index (Phi) is 3.97. The van der Waals surface area contributed by atoms with E-state index in [1.165, 1.54) is 16.8 Å². The molecule has 0 bridgehead atoms. The van der Waals surface area contributed by atoms with Gasteiger partial charge in [0, 0.05) is 12.6 Å². The van der Waals surface area contributed by atoms with Gasteiger partial charge in [-0.15, -0.1) is 0 Å². The van der Waals surface area contributed by atoms with Gasteiger partial charge in [0.05, 0.1) is 11.1 Å². The lowest BCUT2D eigenvalue weighted by molar-refractivity contribution is -0.384. The van der Waals surface area contributed by atoms with Crippen LogP contribution in [-0.2, 0) is 11.3 Å². The predicted octanol–water partition coefficient (Wildman–Crippen LogP) is 1.54. The Labute approximate surface area is 120 Å². The summed E-state index contributed by atoms with van der Waals surface area (Å²) in [7, 11) is 0. The SMILES string of the molecule is CCn1cc([N+](=O)[O-])cc1C(=O)NC1(C(=O)O)CCCC1.